The smallest absolute Gasteiger partial charge is 0.333 e. The minimum absolute atomic E-state index is 0.193. The predicted molar refractivity (Wildman–Crippen MR) is 71.7 cm³/mol. The number of hydrogen-bond donors (Lipinski definition) is 3. The van der Waals surface area contributed by atoms with Crippen LogP contribution in [0.15, 0.2) is 24.3 Å². The third-order valence-corrected chi connectivity index (χ3v) is 2.37. The summed E-state index contributed by atoms with van der Waals surface area (Å²) in [6, 6.07) is 6.75. The van der Waals surface area contributed by atoms with Crippen molar-refractivity contribution in [3.8, 4) is 5.75 Å². The predicted octanol–water partition coefficient (Wildman–Crippen LogP) is 0.978. The fourth-order valence-electron chi connectivity index (χ4n) is 1.38. The van der Waals surface area contributed by atoms with Crippen molar-refractivity contribution in [3.05, 3.63) is 29.8 Å². The Kier molecular flexibility index (Phi) is 6.21. The molecule has 6 nitrogen and oxygen atoms in total. The van der Waals surface area contributed by atoms with E-state index in [2.05, 4.69) is 16.2 Å². The maximum atomic E-state index is 11.6. The molecule has 0 aromatic heterocycles. The lowest BCUT2D eigenvalue weighted by atomic mass is 10.1. The van der Waals surface area contributed by atoms with E-state index in [1.54, 1.807) is 31.4 Å². The van der Waals surface area contributed by atoms with E-state index in [4.69, 9.17) is 4.74 Å². The van der Waals surface area contributed by atoms with Crippen LogP contribution in [0.25, 0.3) is 0 Å². The van der Waals surface area contributed by atoms with Crippen LogP contribution in [0.2, 0.25) is 0 Å². The third kappa shape index (κ3) is 5.76. The fourth-order valence-corrected chi connectivity index (χ4v) is 1.38. The summed E-state index contributed by atoms with van der Waals surface area (Å²) < 4.78 is 5.02. The number of hydrogen-bond acceptors (Lipinski definition) is 3. The van der Waals surface area contributed by atoms with Gasteiger partial charge in [0.25, 0.3) is 0 Å². The largest absolute Gasteiger partial charge is 0.497 e. The Bertz CT molecular complexity index is 418. The van der Waals surface area contributed by atoms with E-state index in [1.165, 1.54) is 0 Å². The SMILES string of the molecule is CCCNC(=O)NNC(=O)Cc1ccc(OC)cc1. The average Bonchev–Trinajstić information content (AvgIpc) is 2.43. The van der Waals surface area contributed by atoms with Gasteiger partial charge in [0.15, 0.2) is 0 Å². The summed E-state index contributed by atoms with van der Waals surface area (Å²) >= 11 is 0. The van der Waals surface area contributed by atoms with Crippen molar-refractivity contribution >= 4 is 11.9 Å². The molecule has 19 heavy (non-hydrogen) atoms. The van der Waals surface area contributed by atoms with E-state index in [0.29, 0.717) is 6.54 Å². The molecule has 104 valence electrons. The van der Waals surface area contributed by atoms with E-state index >= 15 is 0 Å². The zero-order chi connectivity index (χ0) is 14.1. The van der Waals surface area contributed by atoms with Gasteiger partial charge in [-0.1, -0.05) is 19.1 Å². The first kappa shape index (κ1) is 14.8. The van der Waals surface area contributed by atoms with Gasteiger partial charge in [-0.3, -0.25) is 10.2 Å². The number of carbonyl (C=O) groups is 2. The number of nitrogens with one attached hydrogen (secondary N) is 3. The van der Waals surface area contributed by atoms with Crippen LogP contribution in [0, 0.1) is 0 Å². The van der Waals surface area contributed by atoms with E-state index < -0.39 is 6.03 Å². The average molecular weight is 265 g/mol. The summed E-state index contributed by atoms with van der Waals surface area (Å²) in [5, 5.41) is 2.59. The second kappa shape index (κ2) is 7.97. The van der Waals surface area contributed by atoms with Crippen LogP contribution in [0.5, 0.6) is 5.75 Å². The molecule has 3 amide bonds. The standard InChI is InChI=1S/C13H19N3O3/c1-3-8-14-13(18)16-15-12(17)9-10-4-6-11(19-2)7-5-10/h4-7H,3,8-9H2,1-2H3,(H,15,17)(H2,14,16,18). The van der Waals surface area contributed by atoms with Gasteiger partial charge in [-0.05, 0) is 24.1 Å². The van der Waals surface area contributed by atoms with Crippen molar-refractivity contribution in [2.45, 2.75) is 19.8 Å². The molecular weight excluding hydrogens is 246 g/mol. The molecule has 0 aliphatic carbocycles. The number of methoxy groups -OCH3 is 1. The Balaban J connectivity index is 2.32. The Labute approximate surface area is 112 Å². The van der Waals surface area contributed by atoms with Gasteiger partial charge < -0.3 is 10.1 Å². The number of hydrazine groups is 1. The molecule has 0 aliphatic heterocycles. The van der Waals surface area contributed by atoms with E-state index in [1.807, 2.05) is 6.92 Å². The first-order valence-electron chi connectivity index (χ1n) is 6.11. The zero-order valence-electron chi connectivity index (χ0n) is 11.2. The van der Waals surface area contributed by atoms with Crippen LogP contribution in [-0.2, 0) is 11.2 Å². The van der Waals surface area contributed by atoms with Crippen LogP contribution in [-0.4, -0.2) is 25.6 Å². The minimum atomic E-state index is -0.412. The molecule has 3 N–H and O–H groups in total. The van der Waals surface area contributed by atoms with Crippen molar-refractivity contribution in [2.24, 2.45) is 0 Å². The normalized spacial score (nSPS) is 9.58. The van der Waals surface area contributed by atoms with Crippen LogP contribution in [0.1, 0.15) is 18.9 Å². The van der Waals surface area contributed by atoms with Gasteiger partial charge in [0.1, 0.15) is 5.75 Å². The molecule has 0 saturated heterocycles. The van der Waals surface area contributed by atoms with Crippen molar-refractivity contribution in [1.29, 1.82) is 0 Å². The van der Waals surface area contributed by atoms with Crippen LogP contribution in [0.4, 0.5) is 4.79 Å². The Morgan fingerprint density at radius 3 is 2.42 bits per heavy atom. The van der Waals surface area contributed by atoms with Gasteiger partial charge in [0.05, 0.1) is 13.5 Å². The Morgan fingerprint density at radius 1 is 1.16 bits per heavy atom. The van der Waals surface area contributed by atoms with Crippen LogP contribution >= 0.6 is 0 Å². The number of carbonyl (C=O) groups excluding carboxylic acids is 2. The van der Waals surface area contributed by atoms with E-state index in [9.17, 15) is 9.59 Å². The molecule has 0 aliphatic rings. The molecule has 1 aromatic carbocycles. The summed E-state index contributed by atoms with van der Waals surface area (Å²) in [7, 11) is 1.58. The Hall–Kier alpha value is -2.24. The molecule has 0 heterocycles. The Morgan fingerprint density at radius 2 is 1.84 bits per heavy atom. The molecule has 1 aromatic rings. The number of rotatable bonds is 5. The number of amides is 3. The molecule has 0 unspecified atom stereocenters. The first-order valence-corrected chi connectivity index (χ1v) is 6.11. The van der Waals surface area contributed by atoms with Gasteiger partial charge in [-0.25, -0.2) is 10.2 Å². The monoisotopic (exact) mass is 265 g/mol. The maximum Gasteiger partial charge on any atom is 0.333 e. The third-order valence-electron chi connectivity index (χ3n) is 2.37. The molecule has 0 bridgehead atoms. The highest BCUT2D eigenvalue weighted by Gasteiger charge is 2.05. The number of ether oxygens (including phenoxy) is 1. The van der Waals surface area contributed by atoms with Gasteiger partial charge in [-0.15, -0.1) is 0 Å². The van der Waals surface area contributed by atoms with Crippen LogP contribution in [0.3, 0.4) is 0 Å². The lowest BCUT2D eigenvalue weighted by Crippen LogP contribution is -2.47. The minimum Gasteiger partial charge on any atom is -0.497 e. The summed E-state index contributed by atoms with van der Waals surface area (Å²) in [6.45, 7) is 2.52. The molecule has 6 heteroatoms. The van der Waals surface area contributed by atoms with Gasteiger partial charge in [0, 0.05) is 6.54 Å². The highest BCUT2D eigenvalue weighted by Crippen LogP contribution is 2.11. The first-order chi connectivity index (χ1) is 9.15. The molecule has 0 radical (unpaired) electrons. The van der Waals surface area contributed by atoms with Crippen molar-refractivity contribution in [2.75, 3.05) is 13.7 Å². The van der Waals surface area contributed by atoms with E-state index in [0.717, 1.165) is 17.7 Å². The number of benzene rings is 1. The molecule has 0 fully saturated rings. The summed E-state index contributed by atoms with van der Waals surface area (Å²) in [5.74, 6) is 0.457. The second-order valence-corrected chi connectivity index (χ2v) is 3.95. The second-order valence-electron chi connectivity index (χ2n) is 3.95. The quantitative estimate of drug-likeness (QED) is 0.694. The van der Waals surface area contributed by atoms with Gasteiger partial charge in [-0.2, -0.15) is 0 Å². The summed E-state index contributed by atoms with van der Waals surface area (Å²) in [6.07, 6.45) is 1.03. The van der Waals surface area contributed by atoms with Crippen molar-refractivity contribution in [3.63, 3.8) is 0 Å². The summed E-state index contributed by atoms with van der Waals surface area (Å²) in [5.41, 5.74) is 5.46. The maximum absolute atomic E-state index is 11.6. The molecular formula is C13H19N3O3. The molecule has 0 spiro atoms. The fraction of sp³-hybridized carbons (Fsp3) is 0.385. The van der Waals surface area contributed by atoms with Crippen molar-refractivity contribution < 1.29 is 14.3 Å². The number of urea groups is 1. The highest BCUT2D eigenvalue weighted by molar-refractivity contribution is 5.82. The topological polar surface area (TPSA) is 79.5 Å². The van der Waals surface area contributed by atoms with Crippen molar-refractivity contribution in [1.82, 2.24) is 16.2 Å². The molecule has 0 saturated carbocycles. The van der Waals surface area contributed by atoms with E-state index in [-0.39, 0.29) is 12.3 Å². The highest BCUT2D eigenvalue weighted by atomic mass is 16.5. The molecule has 0 atom stereocenters. The lowest BCUT2D eigenvalue weighted by Gasteiger charge is -2.08. The zero-order valence-corrected chi connectivity index (χ0v) is 11.2. The molecule has 1 rings (SSSR count). The van der Waals surface area contributed by atoms with Gasteiger partial charge in [0.2, 0.25) is 5.91 Å². The van der Waals surface area contributed by atoms with Gasteiger partial charge >= 0.3 is 6.03 Å². The lowest BCUT2D eigenvalue weighted by molar-refractivity contribution is -0.121. The summed E-state index contributed by atoms with van der Waals surface area (Å²) in [4.78, 5) is 22.7. The van der Waals surface area contributed by atoms with Crippen LogP contribution < -0.4 is 20.9 Å².